The molecular formula is C38H46O21S2. The van der Waals surface area contributed by atoms with Crippen LogP contribution in [-0.2, 0) is 100 Å². The molecule has 23 heteroatoms. The second kappa shape index (κ2) is 20.7. The minimum atomic E-state index is -4.54. The van der Waals surface area contributed by atoms with Gasteiger partial charge in [0.25, 0.3) is 20.2 Å². The Kier molecular flexibility index (Phi) is 16.5. The van der Waals surface area contributed by atoms with Crippen molar-refractivity contribution in [3.05, 3.63) is 59.7 Å². The van der Waals surface area contributed by atoms with E-state index in [-0.39, 0.29) is 9.79 Å². The van der Waals surface area contributed by atoms with Crippen molar-refractivity contribution in [1.82, 2.24) is 0 Å². The summed E-state index contributed by atoms with van der Waals surface area (Å²) >= 11 is 0. The van der Waals surface area contributed by atoms with Gasteiger partial charge in [0.1, 0.15) is 12.2 Å². The summed E-state index contributed by atoms with van der Waals surface area (Å²) in [4.78, 5) is 74.4. The molecule has 0 saturated carbocycles. The maximum Gasteiger partial charge on any atom is 0.303 e. The molecule has 336 valence electrons. The Hall–Kier alpha value is -5.04. The SMILES string of the molecule is CC(=O)O[C@@H]1[C@@H](OC(C)=O)[C@@H](O[C@H]2O[C@H](COS(=O)(=O)c3ccc(C)cc3)[C@@H](OC(C)=O)[C@H](OC(C)=O)[C@H]2OC(C)=O)O[C@H](COS(=O)(=O)c2ccc(C)cc2)[C@H]1OC(C)=O. The lowest BCUT2D eigenvalue weighted by molar-refractivity contribution is -0.376. The molecule has 0 radical (unpaired) electrons. The summed E-state index contributed by atoms with van der Waals surface area (Å²) < 4.78 is 115. The van der Waals surface area contributed by atoms with Crippen molar-refractivity contribution in [2.45, 2.75) is 127 Å². The number of carbonyl (C=O) groups is 6. The largest absolute Gasteiger partial charge is 0.456 e. The van der Waals surface area contributed by atoms with Gasteiger partial charge in [-0.2, -0.15) is 16.8 Å². The molecule has 0 aromatic heterocycles. The van der Waals surface area contributed by atoms with E-state index in [4.69, 9.17) is 51.0 Å². The third-order valence-corrected chi connectivity index (χ3v) is 11.2. The molecule has 0 aliphatic carbocycles. The van der Waals surface area contributed by atoms with Gasteiger partial charge in [-0.25, -0.2) is 0 Å². The fourth-order valence-corrected chi connectivity index (χ4v) is 8.03. The fraction of sp³-hybridized carbons (Fsp3) is 0.526. The monoisotopic (exact) mass is 902 g/mol. The zero-order valence-electron chi connectivity index (χ0n) is 34.2. The van der Waals surface area contributed by atoms with E-state index in [1.807, 2.05) is 0 Å². The number of benzene rings is 2. The Morgan fingerprint density at radius 2 is 0.705 bits per heavy atom. The van der Waals surface area contributed by atoms with Crippen molar-refractivity contribution in [2.24, 2.45) is 0 Å². The summed E-state index contributed by atoms with van der Waals surface area (Å²) in [5, 5.41) is 0. The number of rotatable bonds is 16. The maximum atomic E-state index is 13.3. The average Bonchev–Trinajstić information content (AvgIpc) is 3.14. The van der Waals surface area contributed by atoms with E-state index in [0.717, 1.165) is 52.7 Å². The van der Waals surface area contributed by atoms with Crippen molar-refractivity contribution in [3.63, 3.8) is 0 Å². The number of esters is 6. The van der Waals surface area contributed by atoms with Crippen LogP contribution in [0.4, 0.5) is 0 Å². The fourth-order valence-electron chi connectivity index (χ4n) is 6.19. The topological polar surface area (TPSA) is 272 Å². The Balaban J connectivity index is 1.81. The maximum absolute atomic E-state index is 13.3. The normalized spacial score (nSPS) is 26.6. The van der Waals surface area contributed by atoms with Gasteiger partial charge in [0.2, 0.25) is 12.6 Å². The first kappa shape index (κ1) is 48.6. The molecule has 2 aromatic rings. The first-order valence-corrected chi connectivity index (χ1v) is 21.2. The summed E-state index contributed by atoms with van der Waals surface area (Å²) in [6.45, 7) is 7.33. The summed E-state index contributed by atoms with van der Waals surface area (Å²) in [7, 11) is -9.08. The number of aryl methyl sites for hydroxylation is 2. The molecule has 0 N–H and O–H groups in total. The average molecular weight is 903 g/mol. The van der Waals surface area contributed by atoms with Gasteiger partial charge in [-0.1, -0.05) is 35.4 Å². The lowest BCUT2D eigenvalue weighted by Crippen LogP contribution is -2.67. The van der Waals surface area contributed by atoms with Crippen LogP contribution < -0.4 is 0 Å². The second-order valence-corrected chi connectivity index (χ2v) is 17.0. The molecule has 2 aliphatic rings. The first-order chi connectivity index (χ1) is 28.5. The summed E-state index contributed by atoms with van der Waals surface area (Å²) in [5.41, 5.74) is 1.47. The number of hydrogen-bond donors (Lipinski definition) is 0. The molecule has 0 amide bonds. The quantitative estimate of drug-likeness (QED) is 0.131. The van der Waals surface area contributed by atoms with Crippen LogP contribution in [0, 0.1) is 13.8 Å². The predicted octanol–water partition coefficient (Wildman–Crippen LogP) is 1.47. The van der Waals surface area contributed by atoms with Gasteiger partial charge < -0.3 is 42.6 Å². The molecule has 21 nitrogen and oxygen atoms in total. The zero-order chi connectivity index (χ0) is 45.4. The Morgan fingerprint density at radius 3 is 0.984 bits per heavy atom. The second-order valence-electron chi connectivity index (χ2n) is 13.8. The highest BCUT2D eigenvalue weighted by Gasteiger charge is 2.58. The van der Waals surface area contributed by atoms with Crippen molar-refractivity contribution >= 4 is 56.1 Å². The van der Waals surface area contributed by atoms with Crippen LogP contribution in [0.2, 0.25) is 0 Å². The number of carbonyl (C=O) groups excluding carboxylic acids is 6. The highest BCUT2D eigenvalue weighted by molar-refractivity contribution is 7.87. The third kappa shape index (κ3) is 13.5. The van der Waals surface area contributed by atoms with Crippen LogP contribution in [0.5, 0.6) is 0 Å². The first-order valence-electron chi connectivity index (χ1n) is 18.4. The molecule has 0 bridgehead atoms. The molecule has 10 atom stereocenters. The van der Waals surface area contributed by atoms with Crippen LogP contribution in [0.15, 0.2) is 58.3 Å². The molecule has 2 heterocycles. The Bertz CT molecular complexity index is 1990. The van der Waals surface area contributed by atoms with E-state index in [1.165, 1.54) is 48.5 Å². The molecule has 2 aliphatic heterocycles. The van der Waals surface area contributed by atoms with E-state index >= 15 is 0 Å². The van der Waals surface area contributed by atoms with Crippen molar-refractivity contribution < 1.29 is 96.6 Å². The van der Waals surface area contributed by atoms with Gasteiger partial charge in [0.15, 0.2) is 36.6 Å². The molecule has 0 unspecified atom stereocenters. The van der Waals surface area contributed by atoms with Crippen LogP contribution in [0.1, 0.15) is 52.7 Å². The van der Waals surface area contributed by atoms with Gasteiger partial charge in [-0.05, 0) is 38.1 Å². The molecule has 0 spiro atoms. The standard InChI is InChI=1S/C38H46O21S2/c1-19-9-13-27(14-10-19)60(45,46)49-17-29-31(51-21(3)39)33(53-23(5)41)35(55-25(7)43)37(57-29)59-38-36(56-26(8)44)34(54-24(6)42)32(52-22(4)40)30(58-38)18-50-61(47,48)28-15-11-20(2)12-16-28/h9-16,29-38H,17-18H2,1-8H3/t29-,30-,31-,32-,33+,34+,35-,36-,37-,38-/m1/s1. The lowest BCUT2D eigenvalue weighted by Gasteiger charge is -2.48. The smallest absolute Gasteiger partial charge is 0.303 e. The van der Waals surface area contributed by atoms with Gasteiger partial charge in [-0.15, -0.1) is 0 Å². The van der Waals surface area contributed by atoms with E-state index in [0.29, 0.717) is 0 Å². The van der Waals surface area contributed by atoms with Gasteiger partial charge in [0.05, 0.1) is 23.0 Å². The summed E-state index contributed by atoms with van der Waals surface area (Å²) in [6, 6.07) is 11.1. The molecular weight excluding hydrogens is 857 g/mol. The molecule has 2 saturated heterocycles. The van der Waals surface area contributed by atoms with Crippen LogP contribution in [0.3, 0.4) is 0 Å². The Labute approximate surface area is 351 Å². The van der Waals surface area contributed by atoms with E-state index in [2.05, 4.69) is 0 Å². The van der Waals surface area contributed by atoms with E-state index in [1.54, 1.807) is 13.8 Å². The Morgan fingerprint density at radius 1 is 0.443 bits per heavy atom. The van der Waals surface area contributed by atoms with Crippen LogP contribution in [-0.4, -0.2) is 127 Å². The number of hydrogen-bond acceptors (Lipinski definition) is 21. The van der Waals surface area contributed by atoms with Gasteiger partial charge >= 0.3 is 35.8 Å². The van der Waals surface area contributed by atoms with Crippen LogP contribution >= 0.6 is 0 Å². The van der Waals surface area contributed by atoms with Crippen molar-refractivity contribution in [2.75, 3.05) is 13.2 Å². The minimum Gasteiger partial charge on any atom is -0.456 e. The van der Waals surface area contributed by atoms with Crippen molar-refractivity contribution in [1.29, 1.82) is 0 Å². The molecule has 2 fully saturated rings. The van der Waals surface area contributed by atoms with E-state index in [9.17, 15) is 45.6 Å². The highest BCUT2D eigenvalue weighted by Crippen LogP contribution is 2.36. The third-order valence-electron chi connectivity index (χ3n) is 8.66. The van der Waals surface area contributed by atoms with E-state index < -0.39 is 131 Å². The molecule has 4 rings (SSSR count). The predicted molar refractivity (Wildman–Crippen MR) is 200 cm³/mol. The van der Waals surface area contributed by atoms with Gasteiger partial charge in [-0.3, -0.25) is 37.1 Å². The lowest BCUT2D eigenvalue weighted by atomic mass is 9.97. The number of ether oxygens (including phenoxy) is 9. The molecule has 61 heavy (non-hydrogen) atoms. The minimum absolute atomic E-state index is 0.267. The highest BCUT2D eigenvalue weighted by atomic mass is 32.2. The molecule has 2 aromatic carbocycles. The van der Waals surface area contributed by atoms with Crippen molar-refractivity contribution in [3.8, 4) is 0 Å². The summed E-state index contributed by atoms with van der Waals surface area (Å²) in [6.07, 6.45) is -18.5. The zero-order valence-corrected chi connectivity index (χ0v) is 35.8. The summed E-state index contributed by atoms with van der Waals surface area (Å²) in [5.74, 6) is -6.03. The van der Waals surface area contributed by atoms with Gasteiger partial charge in [0, 0.05) is 41.5 Å². The van der Waals surface area contributed by atoms with Crippen LogP contribution in [0.25, 0.3) is 0 Å².